The number of esters is 1. The maximum absolute atomic E-state index is 11.5. The molecule has 1 saturated carbocycles. The molecule has 0 amide bonds. The SMILES string of the molecule is COC(=O)c1ccnc(N(C)CC2CCCCC2)c1. The van der Waals surface area contributed by atoms with Gasteiger partial charge in [-0.3, -0.25) is 0 Å². The minimum Gasteiger partial charge on any atom is -0.465 e. The first-order valence-corrected chi connectivity index (χ1v) is 6.96. The van der Waals surface area contributed by atoms with Crippen molar-refractivity contribution in [2.45, 2.75) is 32.1 Å². The molecule has 1 aliphatic carbocycles. The number of rotatable bonds is 4. The predicted molar refractivity (Wildman–Crippen MR) is 75.4 cm³/mol. The van der Waals surface area contributed by atoms with Gasteiger partial charge in [-0.05, 0) is 30.9 Å². The van der Waals surface area contributed by atoms with Crippen LogP contribution < -0.4 is 4.90 Å². The molecule has 1 heterocycles. The lowest BCUT2D eigenvalue weighted by molar-refractivity contribution is 0.0600. The minimum atomic E-state index is -0.310. The van der Waals surface area contributed by atoms with Crippen molar-refractivity contribution in [1.29, 1.82) is 0 Å². The summed E-state index contributed by atoms with van der Waals surface area (Å²) in [5, 5.41) is 0. The van der Waals surface area contributed by atoms with Crippen LogP contribution in [0.1, 0.15) is 42.5 Å². The maximum atomic E-state index is 11.5. The summed E-state index contributed by atoms with van der Waals surface area (Å²) in [6.07, 6.45) is 8.33. The fraction of sp³-hybridized carbons (Fsp3) is 0.600. The highest BCUT2D eigenvalue weighted by molar-refractivity contribution is 5.90. The monoisotopic (exact) mass is 262 g/mol. The van der Waals surface area contributed by atoms with E-state index < -0.39 is 0 Å². The molecule has 19 heavy (non-hydrogen) atoms. The molecule has 4 nitrogen and oxygen atoms in total. The predicted octanol–water partition coefficient (Wildman–Crippen LogP) is 2.88. The quantitative estimate of drug-likeness (QED) is 0.782. The Balaban J connectivity index is 2.01. The first kappa shape index (κ1) is 13.8. The van der Waals surface area contributed by atoms with E-state index in [1.807, 2.05) is 7.05 Å². The molecule has 104 valence electrons. The lowest BCUT2D eigenvalue weighted by atomic mass is 9.89. The second-order valence-corrected chi connectivity index (χ2v) is 5.28. The zero-order valence-electron chi connectivity index (χ0n) is 11.8. The summed E-state index contributed by atoms with van der Waals surface area (Å²) < 4.78 is 4.74. The molecular formula is C15H22N2O2. The Bertz CT molecular complexity index is 428. The first-order chi connectivity index (χ1) is 9.20. The molecule has 0 radical (unpaired) electrons. The fourth-order valence-corrected chi connectivity index (χ4v) is 2.72. The topological polar surface area (TPSA) is 42.4 Å². The molecule has 0 bridgehead atoms. The molecule has 1 fully saturated rings. The Hall–Kier alpha value is -1.58. The lowest BCUT2D eigenvalue weighted by Crippen LogP contribution is -2.27. The van der Waals surface area contributed by atoms with Crippen molar-refractivity contribution in [3.8, 4) is 0 Å². The summed E-state index contributed by atoms with van der Waals surface area (Å²) in [6.45, 7) is 1.01. The van der Waals surface area contributed by atoms with Crippen LogP contribution in [0.25, 0.3) is 0 Å². The van der Waals surface area contributed by atoms with Gasteiger partial charge >= 0.3 is 5.97 Å². The van der Waals surface area contributed by atoms with Gasteiger partial charge in [0.1, 0.15) is 5.82 Å². The second-order valence-electron chi connectivity index (χ2n) is 5.28. The van der Waals surface area contributed by atoms with Crippen molar-refractivity contribution in [1.82, 2.24) is 4.98 Å². The summed E-state index contributed by atoms with van der Waals surface area (Å²) in [5.41, 5.74) is 0.558. The van der Waals surface area contributed by atoms with E-state index in [9.17, 15) is 4.79 Å². The second kappa shape index (κ2) is 6.55. The third-order valence-corrected chi connectivity index (χ3v) is 3.81. The summed E-state index contributed by atoms with van der Waals surface area (Å²) in [6, 6.07) is 3.48. The van der Waals surface area contributed by atoms with E-state index in [1.165, 1.54) is 39.2 Å². The molecule has 0 atom stereocenters. The minimum absolute atomic E-state index is 0.310. The average molecular weight is 262 g/mol. The van der Waals surface area contributed by atoms with Crippen LogP contribution in [-0.4, -0.2) is 31.7 Å². The van der Waals surface area contributed by atoms with Gasteiger partial charge in [0.05, 0.1) is 12.7 Å². The van der Waals surface area contributed by atoms with E-state index in [1.54, 1.807) is 18.3 Å². The summed E-state index contributed by atoms with van der Waals surface area (Å²) in [5.74, 6) is 1.28. The molecule has 1 aliphatic rings. The van der Waals surface area contributed by atoms with Gasteiger partial charge in [0.2, 0.25) is 0 Å². The van der Waals surface area contributed by atoms with Crippen LogP contribution >= 0.6 is 0 Å². The highest BCUT2D eigenvalue weighted by Crippen LogP contribution is 2.25. The van der Waals surface area contributed by atoms with E-state index in [4.69, 9.17) is 4.74 Å². The number of anilines is 1. The normalized spacial score (nSPS) is 16.1. The third-order valence-electron chi connectivity index (χ3n) is 3.81. The number of nitrogens with zero attached hydrogens (tertiary/aromatic N) is 2. The Morgan fingerprint density at radius 3 is 2.84 bits per heavy atom. The number of carbonyl (C=O) groups is 1. The highest BCUT2D eigenvalue weighted by Gasteiger charge is 2.17. The van der Waals surface area contributed by atoms with Crippen LogP contribution in [0.4, 0.5) is 5.82 Å². The molecule has 1 aromatic heterocycles. The van der Waals surface area contributed by atoms with Crippen molar-refractivity contribution < 1.29 is 9.53 Å². The summed E-state index contributed by atoms with van der Waals surface area (Å²) in [4.78, 5) is 18.0. The molecule has 0 saturated heterocycles. The first-order valence-electron chi connectivity index (χ1n) is 6.96. The molecule has 2 rings (SSSR count). The molecule has 0 aliphatic heterocycles. The van der Waals surface area contributed by atoms with E-state index in [0.717, 1.165) is 18.3 Å². The van der Waals surface area contributed by atoms with E-state index in [0.29, 0.717) is 5.56 Å². The van der Waals surface area contributed by atoms with Gasteiger partial charge in [0.25, 0.3) is 0 Å². The zero-order chi connectivity index (χ0) is 13.7. The highest BCUT2D eigenvalue weighted by atomic mass is 16.5. The van der Waals surface area contributed by atoms with E-state index in [-0.39, 0.29) is 5.97 Å². The number of ether oxygens (including phenoxy) is 1. The van der Waals surface area contributed by atoms with Crippen LogP contribution in [0.5, 0.6) is 0 Å². The molecule has 1 aromatic rings. The molecule has 4 heteroatoms. The van der Waals surface area contributed by atoms with Crippen LogP contribution in [0.3, 0.4) is 0 Å². The number of hydrogen-bond donors (Lipinski definition) is 0. The number of methoxy groups -OCH3 is 1. The largest absolute Gasteiger partial charge is 0.465 e. The average Bonchev–Trinajstić information content (AvgIpc) is 2.47. The summed E-state index contributed by atoms with van der Waals surface area (Å²) in [7, 11) is 3.44. The number of hydrogen-bond acceptors (Lipinski definition) is 4. The number of pyridine rings is 1. The van der Waals surface area contributed by atoms with Gasteiger partial charge in [0, 0.05) is 19.8 Å². The smallest absolute Gasteiger partial charge is 0.338 e. The van der Waals surface area contributed by atoms with Crippen molar-refractivity contribution >= 4 is 11.8 Å². The maximum Gasteiger partial charge on any atom is 0.338 e. The van der Waals surface area contributed by atoms with Gasteiger partial charge in [-0.1, -0.05) is 19.3 Å². The van der Waals surface area contributed by atoms with Crippen LogP contribution in [0.15, 0.2) is 18.3 Å². The van der Waals surface area contributed by atoms with Crippen molar-refractivity contribution in [3.63, 3.8) is 0 Å². The van der Waals surface area contributed by atoms with E-state index in [2.05, 4.69) is 9.88 Å². The van der Waals surface area contributed by atoms with Gasteiger partial charge in [-0.2, -0.15) is 0 Å². The Morgan fingerprint density at radius 2 is 2.16 bits per heavy atom. The van der Waals surface area contributed by atoms with Gasteiger partial charge in [-0.15, -0.1) is 0 Å². The molecule has 0 aromatic carbocycles. The van der Waals surface area contributed by atoms with Crippen LogP contribution in [-0.2, 0) is 4.74 Å². The van der Waals surface area contributed by atoms with Gasteiger partial charge in [0.15, 0.2) is 0 Å². The van der Waals surface area contributed by atoms with Crippen molar-refractivity contribution in [2.24, 2.45) is 5.92 Å². The Morgan fingerprint density at radius 1 is 1.42 bits per heavy atom. The third kappa shape index (κ3) is 3.69. The Kier molecular flexibility index (Phi) is 4.77. The zero-order valence-corrected chi connectivity index (χ0v) is 11.8. The molecular weight excluding hydrogens is 240 g/mol. The van der Waals surface area contributed by atoms with Gasteiger partial charge < -0.3 is 9.64 Å². The van der Waals surface area contributed by atoms with Crippen LogP contribution in [0.2, 0.25) is 0 Å². The fourth-order valence-electron chi connectivity index (χ4n) is 2.72. The Labute approximate surface area is 114 Å². The lowest BCUT2D eigenvalue weighted by Gasteiger charge is -2.27. The molecule has 0 unspecified atom stereocenters. The van der Waals surface area contributed by atoms with E-state index >= 15 is 0 Å². The molecule has 0 N–H and O–H groups in total. The van der Waals surface area contributed by atoms with Crippen molar-refractivity contribution in [2.75, 3.05) is 25.6 Å². The standard InChI is InChI=1S/C15H22N2O2/c1-17(11-12-6-4-3-5-7-12)14-10-13(8-9-16-14)15(18)19-2/h8-10,12H,3-7,11H2,1-2H3. The van der Waals surface area contributed by atoms with Crippen molar-refractivity contribution in [3.05, 3.63) is 23.9 Å². The van der Waals surface area contributed by atoms with Crippen LogP contribution in [0, 0.1) is 5.92 Å². The number of aromatic nitrogens is 1. The molecule has 0 spiro atoms. The summed E-state index contributed by atoms with van der Waals surface area (Å²) >= 11 is 0. The van der Waals surface area contributed by atoms with Gasteiger partial charge in [-0.25, -0.2) is 9.78 Å². The number of carbonyl (C=O) groups excluding carboxylic acids is 1.